The predicted molar refractivity (Wildman–Crippen MR) is 202 cm³/mol. The highest BCUT2D eigenvalue weighted by atomic mass is 16.5. The highest BCUT2D eigenvalue weighted by Gasteiger charge is 2.26. The van der Waals surface area contributed by atoms with E-state index in [1.807, 2.05) is 18.2 Å². The molecule has 4 nitrogen and oxygen atoms in total. The molecule has 1 atom stereocenters. The van der Waals surface area contributed by atoms with Gasteiger partial charge in [-0.15, -0.1) is 0 Å². The summed E-state index contributed by atoms with van der Waals surface area (Å²) in [4.78, 5) is 10.4. The van der Waals surface area contributed by atoms with Crippen LogP contribution in [0.25, 0.3) is 77.0 Å². The summed E-state index contributed by atoms with van der Waals surface area (Å²) in [5.41, 5.74) is 7.00. The van der Waals surface area contributed by atoms with Crippen LogP contribution in [0.15, 0.2) is 164 Å². The number of fused-ring (bicyclic) bond motifs is 7. The van der Waals surface area contributed by atoms with Crippen LogP contribution in [-0.4, -0.2) is 9.97 Å². The summed E-state index contributed by atoms with van der Waals surface area (Å²) in [5.74, 6) is 1.56. The summed E-state index contributed by atoms with van der Waals surface area (Å²) >= 11 is 0. The smallest absolute Gasteiger partial charge is 0.196 e. The lowest BCUT2D eigenvalue weighted by molar-refractivity contribution is 0.260. The van der Waals surface area contributed by atoms with Crippen molar-refractivity contribution in [3.63, 3.8) is 0 Å². The van der Waals surface area contributed by atoms with Gasteiger partial charge in [-0.05, 0) is 68.0 Å². The van der Waals surface area contributed by atoms with E-state index in [4.69, 9.17) is 14.7 Å². The number of aromatic nitrogens is 2. The number of anilines is 1. The van der Waals surface area contributed by atoms with E-state index in [-0.39, 0.29) is 6.23 Å². The molecule has 1 aromatic heterocycles. The van der Waals surface area contributed by atoms with Crippen LogP contribution in [0.3, 0.4) is 0 Å². The Labute approximate surface area is 283 Å². The number of benzene rings is 8. The molecule has 0 amide bonds. The third kappa shape index (κ3) is 4.77. The molecule has 1 unspecified atom stereocenters. The molecule has 1 aliphatic heterocycles. The first-order valence-electron chi connectivity index (χ1n) is 16.6. The molecular weight excluding hydrogens is 599 g/mol. The summed E-state index contributed by atoms with van der Waals surface area (Å²) in [5, 5.41) is 13.0. The maximum atomic E-state index is 6.38. The van der Waals surface area contributed by atoms with E-state index in [9.17, 15) is 0 Å². The van der Waals surface area contributed by atoms with Crippen LogP contribution < -0.4 is 10.1 Å². The maximum absolute atomic E-state index is 6.38. The average molecular weight is 628 g/mol. The third-order valence-electron chi connectivity index (χ3n) is 9.66. The molecule has 10 rings (SSSR count). The van der Waals surface area contributed by atoms with Gasteiger partial charge in [0, 0.05) is 27.6 Å². The second-order valence-electron chi connectivity index (χ2n) is 12.7. The van der Waals surface area contributed by atoms with Crippen molar-refractivity contribution in [2.75, 3.05) is 5.32 Å². The van der Waals surface area contributed by atoms with Crippen molar-refractivity contribution in [3.05, 3.63) is 169 Å². The van der Waals surface area contributed by atoms with Crippen molar-refractivity contribution >= 4 is 48.8 Å². The van der Waals surface area contributed by atoms with Crippen LogP contribution in [0.5, 0.6) is 5.75 Å². The quantitative estimate of drug-likeness (QED) is 0.197. The van der Waals surface area contributed by atoms with Crippen molar-refractivity contribution in [1.29, 1.82) is 0 Å². The van der Waals surface area contributed by atoms with Crippen LogP contribution >= 0.6 is 0 Å². The lowest BCUT2D eigenvalue weighted by Crippen LogP contribution is -2.09. The van der Waals surface area contributed by atoms with Gasteiger partial charge in [-0.25, -0.2) is 9.97 Å². The second kappa shape index (κ2) is 11.0. The fourth-order valence-electron chi connectivity index (χ4n) is 7.15. The summed E-state index contributed by atoms with van der Waals surface area (Å²) < 4.78 is 6.38. The van der Waals surface area contributed by atoms with Gasteiger partial charge in [0.1, 0.15) is 5.75 Å². The van der Waals surface area contributed by atoms with Crippen molar-refractivity contribution in [1.82, 2.24) is 9.97 Å². The van der Waals surface area contributed by atoms with Gasteiger partial charge in [-0.2, -0.15) is 0 Å². The molecule has 0 saturated carbocycles. The van der Waals surface area contributed by atoms with Gasteiger partial charge >= 0.3 is 0 Å². The van der Waals surface area contributed by atoms with Gasteiger partial charge in [0.2, 0.25) is 0 Å². The lowest BCUT2D eigenvalue weighted by Gasteiger charge is -2.13. The number of hydrogen-bond donors (Lipinski definition) is 1. The van der Waals surface area contributed by atoms with Gasteiger partial charge in [0.15, 0.2) is 12.1 Å². The minimum atomic E-state index is -0.226. The monoisotopic (exact) mass is 627 g/mol. The first kappa shape index (κ1) is 27.6. The van der Waals surface area contributed by atoms with E-state index in [2.05, 4.69) is 151 Å². The molecule has 0 spiro atoms. The molecule has 4 heteroatoms. The van der Waals surface area contributed by atoms with Crippen LogP contribution in [0.2, 0.25) is 0 Å². The first-order chi connectivity index (χ1) is 24.2. The van der Waals surface area contributed by atoms with E-state index in [0.29, 0.717) is 5.82 Å². The zero-order chi connectivity index (χ0) is 32.3. The highest BCUT2D eigenvalue weighted by Crippen LogP contribution is 2.45. The molecule has 1 aliphatic rings. The van der Waals surface area contributed by atoms with Crippen LogP contribution in [-0.2, 0) is 0 Å². The number of rotatable bonds is 4. The van der Waals surface area contributed by atoms with E-state index < -0.39 is 0 Å². The fourth-order valence-corrected chi connectivity index (χ4v) is 7.15. The van der Waals surface area contributed by atoms with Crippen molar-refractivity contribution < 1.29 is 4.74 Å². The van der Waals surface area contributed by atoms with E-state index in [1.54, 1.807) is 0 Å². The van der Waals surface area contributed by atoms with Gasteiger partial charge in [0.25, 0.3) is 0 Å². The Hall–Kier alpha value is -6.52. The Morgan fingerprint density at radius 1 is 0.449 bits per heavy atom. The minimum absolute atomic E-state index is 0.226. The normalized spacial score (nSPS) is 13.8. The van der Waals surface area contributed by atoms with Gasteiger partial charge in [0.05, 0.1) is 17.1 Å². The zero-order valence-corrected chi connectivity index (χ0v) is 26.5. The first-order valence-corrected chi connectivity index (χ1v) is 16.6. The molecule has 9 aromatic rings. The summed E-state index contributed by atoms with van der Waals surface area (Å²) in [6.07, 6.45) is -0.226. The SMILES string of the molecule is c1ccc(C2Nc3c(ccc4ccc5cc(-c6nc(-c7ccc8ccccc8c7)cc(-c7ccc8ccccc8c7)n6)ccc5c34)O2)cc1. The summed E-state index contributed by atoms with van der Waals surface area (Å²) in [7, 11) is 0. The Balaban J connectivity index is 1.12. The van der Waals surface area contributed by atoms with Crippen molar-refractivity contribution in [3.8, 4) is 39.7 Å². The van der Waals surface area contributed by atoms with E-state index >= 15 is 0 Å². The molecule has 0 radical (unpaired) electrons. The topological polar surface area (TPSA) is 47.0 Å². The molecular formula is C45H29N3O. The third-order valence-corrected chi connectivity index (χ3v) is 9.66. The minimum Gasteiger partial charge on any atom is -0.464 e. The summed E-state index contributed by atoms with van der Waals surface area (Å²) in [6.45, 7) is 0. The number of nitrogens with zero attached hydrogens (tertiary/aromatic N) is 2. The lowest BCUT2D eigenvalue weighted by atomic mass is 9.98. The maximum Gasteiger partial charge on any atom is 0.196 e. The second-order valence-corrected chi connectivity index (χ2v) is 12.7. The zero-order valence-electron chi connectivity index (χ0n) is 26.5. The Morgan fingerprint density at radius 2 is 1.00 bits per heavy atom. The molecule has 0 fully saturated rings. The Morgan fingerprint density at radius 3 is 1.69 bits per heavy atom. The largest absolute Gasteiger partial charge is 0.464 e. The molecule has 49 heavy (non-hydrogen) atoms. The van der Waals surface area contributed by atoms with Gasteiger partial charge < -0.3 is 10.1 Å². The molecule has 1 N–H and O–H groups in total. The molecule has 230 valence electrons. The highest BCUT2D eigenvalue weighted by molar-refractivity contribution is 6.15. The molecule has 0 bridgehead atoms. The molecule has 8 aromatic carbocycles. The molecule has 0 saturated heterocycles. The Bertz CT molecular complexity index is 2640. The van der Waals surface area contributed by atoms with Crippen LogP contribution in [0.1, 0.15) is 11.8 Å². The number of hydrogen-bond acceptors (Lipinski definition) is 4. The molecule has 2 heterocycles. The van der Waals surface area contributed by atoms with E-state index in [1.165, 1.54) is 21.5 Å². The van der Waals surface area contributed by atoms with Crippen LogP contribution in [0, 0.1) is 0 Å². The Kier molecular flexibility index (Phi) is 6.21. The summed E-state index contributed by atoms with van der Waals surface area (Å²) in [6, 6.07) is 57.5. The van der Waals surface area contributed by atoms with Crippen molar-refractivity contribution in [2.45, 2.75) is 6.23 Å². The van der Waals surface area contributed by atoms with E-state index in [0.717, 1.165) is 66.6 Å². The fraction of sp³-hybridized carbons (Fsp3) is 0.0222. The average Bonchev–Trinajstić information content (AvgIpc) is 3.62. The molecule has 0 aliphatic carbocycles. The number of ether oxygens (including phenoxy) is 1. The van der Waals surface area contributed by atoms with Crippen molar-refractivity contribution in [2.24, 2.45) is 0 Å². The number of nitrogens with one attached hydrogen (secondary N) is 1. The predicted octanol–water partition coefficient (Wildman–Crippen LogP) is 11.6. The standard InChI is InChI=1S/C45H29N3O/c1-2-10-31(11-3-1)45-48-43-41(49-45)23-21-30-16-17-34-26-37(20-22-38(34)42(30)43)44-46-39(35-18-14-28-8-4-6-12-32(28)24-35)27-40(47-44)36-19-15-29-9-5-7-13-33(29)25-36/h1-27,45,48H. The van der Waals surface area contributed by atoms with Crippen LogP contribution in [0.4, 0.5) is 5.69 Å². The van der Waals surface area contributed by atoms with Gasteiger partial charge in [-0.3, -0.25) is 0 Å². The van der Waals surface area contributed by atoms with Gasteiger partial charge in [-0.1, -0.05) is 133 Å².